The van der Waals surface area contributed by atoms with E-state index in [0.717, 1.165) is 16.7 Å². The first-order chi connectivity index (χ1) is 15.3. The van der Waals surface area contributed by atoms with Gasteiger partial charge in [-0.3, -0.25) is 4.79 Å². The molecule has 1 aromatic heterocycles. The van der Waals surface area contributed by atoms with Crippen molar-refractivity contribution in [2.24, 2.45) is 5.73 Å². The highest BCUT2D eigenvalue weighted by atomic mass is 16.4. The number of benzene rings is 3. The standard InChI is InChI=1S/C26H25N3O3/c1-15-8-10-19(16(2)12-15)18-9-11-23-21(13-18)25(26(31)32)20-6-4-5-7-22(20)29(23)14-24(30)28-17(3)27/h4-13,17H,14,27H2,1-3H3,(H-,28,30,31,32)/p+1. The number of fused-ring (bicyclic) bond motifs is 2. The van der Waals surface area contributed by atoms with Gasteiger partial charge in [0.15, 0.2) is 0 Å². The fraction of sp³-hybridized carbons (Fsp3) is 0.192. The first-order valence-corrected chi connectivity index (χ1v) is 10.5. The van der Waals surface area contributed by atoms with Crippen LogP contribution in [0, 0.1) is 13.8 Å². The largest absolute Gasteiger partial charge is 0.478 e. The highest BCUT2D eigenvalue weighted by molar-refractivity contribution is 6.12. The average Bonchev–Trinajstić information content (AvgIpc) is 2.72. The van der Waals surface area contributed by atoms with Crippen LogP contribution < -0.4 is 15.6 Å². The van der Waals surface area contributed by atoms with Gasteiger partial charge in [-0.1, -0.05) is 35.9 Å². The van der Waals surface area contributed by atoms with E-state index in [1.54, 1.807) is 19.1 Å². The molecular formula is C26H26N3O3+. The summed E-state index contributed by atoms with van der Waals surface area (Å²) < 4.78 is 1.85. The van der Waals surface area contributed by atoms with E-state index in [9.17, 15) is 14.7 Å². The Morgan fingerprint density at radius 1 is 1.00 bits per heavy atom. The normalized spacial score (nSPS) is 12.1. The van der Waals surface area contributed by atoms with Crippen molar-refractivity contribution in [2.45, 2.75) is 33.5 Å². The molecule has 6 nitrogen and oxygen atoms in total. The molecular weight excluding hydrogens is 402 g/mol. The van der Waals surface area contributed by atoms with Gasteiger partial charge in [0.1, 0.15) is 0 Å². The van der Waals surface area contributed by atoms with E-state index in [1.165, 1.54) is 5.56 Å². The number of rotatable bonds is 5. The van der Waals surface area contributed by atoms with Gasteiger partial charge in [0.2, 0.25) is 17.6 Å². The predicted molar refractivity (Wildman–Crippen MR) is 125 cm³/mol. The number of aryl methyl sites for hydroxylation is 2. The van der Waals surface area contributed by atoms with Crippen LogP contribution in [-0.2, 0) is 11.3 Å². The van der Waals surface area contributed by atoms with Crippen LogP contribution in [0.15, 0.2) is 60.7 Å². The zero-order valence-electron chi connectivity index (χ0n) is 18.3. The van der Waals surface area contributed by atoms with Gasteiger partial charge < -0.3 is 16.2 Å². The number of carboxylic acid groups (broad SMARTS) is 1. The van der Waals surface area contributed by atoms with Crippen LogP contribution in [0.4, 0.5) is 0 Å². The molecule has 4 rings (SSSR count). The first-order valence-electron chi connectivity index (χ1n) is 10.5. The number of nitrogens with two attached hydrogens (primary N) is 1. The van der Waals surface area contributed by atoms with E-state index in [1.807, 2.05) is 54.8 Å². The lowest BCUT2D eigenvalue weighted by atomic mass is 9.94. The number of pyridine rings is 1. The van der Waals surface area contributed by atoms with E-state index < -0.39 is 12.1 Å². The smallest absolute Gasteiger partial charge is 0.337 e. The van der Waals surface area contributed by atoms with Gasteiger partial charge >= 0.3 is 5.97 Å². The molecule has 0 fully saturated rings. The molecule has 32 heavy (non-hydrogen) atoms. The van der Waals surface area contributed by atoms with Crippen molar-refractivity contribution in [1.82, 2.24) is 5.32 Å². The number of amides is 1. The van der Waals surface area contributed by atoms with Crippen LogP contribution in [0.25, 0.3) is 32.9 Å². The Labute approximate surface area is 186 Å². The third-order valence-electron chi connectivity index (χ3n) is 5.62. The van der Waals surface area contributed by atoms with E-state index in [4.69, 9.17) is 5.73 Å². The number of carbonyl (C=O) groups is 2. The number of carbonyl (C=O) groups excluding carboxylic acids is 1. The topological polar surface area (TPSA) is 96.3 Å². The number of para-hydroxylation sites is 1. The summed E-state index contributed by atoms with van der Waals surface area (Å²) in [6.45, 7) is 5.81. The van der Waals surface area contributed by atoms with Crippen molar-refractivity contribution in [3.8, 4) is 11.1 Å². The molecule has 3 aromatic carbocycles. The van der Waals surface area contributed by atoms with Crippen molar-refractivity contribution in [3.05, 3.63) is 77.4 Å². The summed E-state index contributed by atoms with van der Waals surface area (Å²) in [6, 6.07) is 19.2. The fourth-order valence-corrected chi connectivity index (χ4v) is 4.32. The fourth-order valence-electron chi connectivity index (χ4n) is 4.32. The van der Waals surface area contributed by atoms with Crippen LogP contribution in [0.3, 0.4) is 0 Å². The predicted octanol–water partition coefficient (Wildman–Crippen LogP) is 3.68. The van der Waals surface area contributed by atoms with Gasteiger partial charge in [-0.25, -0.2) is 4.79 Å². The Balaban J connectivity index is 2.03. The number of aromatic nitrogens is 1. The zero-order valence-corrected chi connectivity index (χ0v) is 18.3. The number of nitrogens with one attached hydrogen (secondary N) is 1. The minimum absolute atomic E-state index is 0.0291. The van der Waals surface area contributed by atoms with Crippen LogP contribution in [-0.4, -0.2) is 23.1 Å². The van der Waals surface area contributed by atoms with Gasteiger partial charge in [0.25, 0.3) is 5.91 Å². The Morgan fingerprint density at radius 3 is 2.41 bits per heavy atom. The molecule has 0 bridgehead atoms. The van der Waals surface area contributed by atoms with Gasteiger partial charge in [0, 0.05) is 12.1 Å². The number of carboxylic acids is 1. The lowest BCUT2D eigenvalue weighted by Gasteiger charge is -2.13. The van der Waals surface area contributed by atoms with Gasteiger partial charge in [-0.05, 0) is 55.7 Å². The Hall–Kier alpha value is -3.77. The van der Waals surface area contributed by atoms with E-state index >= 15 is 0 Å². The summed E-state index contributed by atoms with van der Waals surface area (Å²) in [6.07, 6.45) is -0.477. The maximum absolute atomic E-state index is 12.6. The molecule has 1 heterocycles. The van der Waals surface area contributed by atoms with Crippen molar-refractivity contribution in [3.63, 3.8) is 0 Å². The highest BCUT2D eigenvalue weighted by Gasteiger charge is 2.26. The lowest BCUT2D eigenvalue weighted by molar-refractivity contribution is -0.632. The minimum Gasteiger partial charge on any atom is -0.478 e. The highest BCUT2D eigenvalue weighted by Crippen LogP contribution is 2.31. The maximum Gasteiger partial charge on any atom is 0.337 e. The SMILES string of the molecule is Cc1ccc(-c2ccc3c(c2)c(C(=O)O)c2ccccc2[n+]3CC(=O)NC(C)N)c(C)c1. The minimum atomic E-state index is -1.00. The molecule has 0 saturated heterocycles. The summed E-state index contributed by atoms with van der Waals surface area (Å²) in [4.78, 5) is 24.9. The molecule has 4 aromatic rings. The number of hydrogen-bond donors (Lipinski definition) is 3. The molecule has 0 radical (unpaired) electrons. The summed E-state index contributed by atoms with van der Waals surface area (Å²) in [5, 5.41) is 14.0. The first kappa shape index (κ1) is 21.5. The Kier molecular flexibility index (Phi) is 5.63. The van der Waals surface area contributed by atoms with E-state index in [0.29, 0.717) is 21.8 Å². The summed E-state index contributed by atoms with van der Waals surface area (Å²) in [5.74, 6) is -1.24. The van der Waals surface area contributed by atoms with Gasteiger partial charge in [-0.15, -0.1) is 0 Å². The van der Waals surface area contributed by atoms with Crippen LogP contribution >= 0.6 is 0 Å². The van der Waals surface area contributed by atoms with Crippen molar-refractivity contribution in [2.75, 3.05) is 0 Å². The van der Waals surface area contributed by atoms with Crippen LogP contribution in [0.1, 0.15) is 28.4 Å². The Bertz CT molecular complexity index is 1380. The number of aromatic carboxylic acids is 1. The molecule has 162 valence electrons. The zero-order chi connectivity index (χ0) is 23.0. The molecule has 0 spiro atoms. The third kappa shape index (κ3) is 3.92. The molecule has 0 saturated carbocycles. The third-order valence-corrected chi connectivity index (χ3v) is 5.62. The van der Waals surface area contributed by atoms with Crippen LogP contribution in [0.2, 0.25) is 0 Å². The second-order valence-electron chi connectivity index (χ2n) is 8.19. The molecule has 1 atom stereocenters. The summed E-state index contributed by atoms with van der Waals surface area (Å²) in [5.41, 5.74) is 11.6. The second-order valence-corrected chi connectivity index (χ2v) is 8.19. The second kappa shape index (κ2) is 8.40. The van der Waals surface area contributed by atoms with Crippen molar-refractivity contribution >= 4 is 33.7 Å². The average molecular weight is 429 g/mol. The summed E-state index contributed by atoms with van der Waals surface area (Å²) in [7, 11) is 0. The van der Waals surface area contributed by atoms with Crippen molar-refractivity contribution in [1.29, 1.82) is 0 Å². The van der Waals surface area contributed by atoms with Crippen LogP contribution in [0.5, 0.6) is 0 Å². The van der Waals surface area contributed by atoms with E-state index in [-0.39, 0.29) is 18.0 Å². The lowest BCUT2D eigenvalue weighted by Crippen LogP contribution is -2.48. The van der Waals surface area contributed by atoms with Crippen molar-refractivity contribution < 1.29 is 19.3 Å². The molecule has 0 aliphatic heterocycles. The molecule has 0 aliphatic rings. The molecule has 0 aliphatic carbocycles. The number of hydrogen-bond acceptors (Lipinski definition) is 3. The number of nitrogens with zero attached hydrogens (tertiary/aromatic N) is 1. The Morgan fingerprint density at radius 2 is 1.72 bits per heavy atom. The molecule has 4 N–H and O–H groups in total. The molecule has 6 heteroatoms. The monoisotopic (exact) mass is 428 g/mol. The van der Waals surface area contributed by atoms with Gasteiger partial charge in [0.05, 0.1) is 22.5 Å². The van der Waals surface area contributed by atoms with E-state index in [2.05, 4.69) is 17.4 Å². The summed E-state index contributed by atoms with van der Waals surface area (Å²) >= 11 is 0. The molecule has 1 amide bonds. The maximum atomic E-state index is 12.6. The quantitative estimate of drug-likeness (QED) is 0.257. The van der Waals surface area contributed by atoms with Gasteiger partial charge in [-0.2, -0.15) is 4.57 Å². The molecule has 1 unspecified atom stereocenters.